The summed E-state index contributed by atoms with van der Waals surface area (Å²) >= 11 is 0. The van der Waals surface area contributed by atoms with E-state index in [4.69, 9.17) is 9.52 Å². The Morgan fingerprint density at radius 2 is 1.48 bits per heavy atom. The topological polar surface area (TPSA) is 39.9 Å². The number of nitrogens with zero attached hydrogens (tertiary/aromatic N) is 3. The molecule has 2 atom stereocenters. The van der Waals surface area contributed by atoms with Gasteiger partial charge in [-0.25, -0.2) is 4.98 Å². The molecule has 0 N–H and O–H groups in total. The first-order valence-electron chi connectivity index (χ1n) is 14.7. The lowest BCUT2D eigenvalue weighted by Crippen LogP contribution is -2.47. The zero-order chi connectivity index (χ0) is 29.8. The summed E-state index contributed by atoms with van der Waals surface area (Å²) in [6, 6.07) is 25.6. The Morgan fingerprint density at radius 3 is 2.07 bits per heavy atom. The van der Waals surface area contributed by atoms with Gasteiger partial charge in [-0.1, -0.05) is 81.4 Å². The molecule has 219 valence electrons. The van der Waals surface area contributed by atoms with Crippen LogP contribution in [0, 0.1) is 11.8 Å². The van der Waals surface area contributed by atoms with E-state index in [9.17, 15) is 13.2 Å². The predicted molar refractivity (Wildman–Crippen MR) is 161 cm³/mol. The third kappa shape index (κ3) is 5.71. The zero-order valence-electron chi connectivity index (χ0n) is 24.7. The lowest BCUT2D eigenvalue weighted by Gasteiger charge is -2.24. The van der Waals surface area contributed by atoms with Crippen LogP contribution in [-0.2, 0) is 16.0 Å². The second-order valence-corrected chi connectivity index (χ2v) is 15.0. The minimum absolute atomic E-state index is 0.0943. The Bertz CT molecular complexity index is 1530. The monoisotopic (exact) mass is 588 g/mol. The number of aromatic nitrogens is 3. The first-order valence-corrected chi connectivity index (χ1v) is 16.1. The summed E-state index contributed by atoms with van der Waals surface area (Å²) in [4.78, 5) is 3.88. The van der Waals surface area contributed by atoms with E-state index in [1.807, 2.05) is 16.8 Å². The highest BCUT2D eigenvalue weighted by molar-refractivity contribution is 6.80. The van der Waals surface area contributed by atoms with E-state index >= 15 is 0 Å². The van der Waals surface area contributed by atoms with Gasteiger partial charge in [-0.15, -0.1) is 0 Å². The van der Waals surface area contributed by atoms with Gasteiger partial charge in [0.15, 0.2) is 0 Å². The highest BCUT2D eigenvalue weighted by Gasteiger charge is 2.58. The second-order valence-electron chi connectivity index (χ2n) is 13.0. The van der Waals surface area contributed by atoms with Crippen molar-refractivity contribution >= 4 is 19.4 Å². The fraction of sp³-hybridized carbons (Fsp3) is 0.412. The summed E-state index contributed by atoms with van der Waals surface area (Å²) in [7, 11) is -1.41. The van der Waals surface area contributed by atoms with Crippen LogP contribution in [0.1, 0.15) is 76.4 Å². The molecular weight excluding hydrogens is 551 g/mol. The van der Waals surface area contributed by atoms with Crippen LogP contribution in [0.25, 0.3) is 11.4 Å². The molecule has 2 aromatic heterocycles. The first-order chi connectivity index (χ1) is 19.9. The summed E-state index contributed by atoms with van der Waals surface area (Å²) in [6.45, 7) is 10.8. The normalized spacial score (nSPS) is 22.1. The Labute approximate surface area is 247 Å². The molecule has 2 saturated carbocycles. The molecule has 0 saturated heterocycles. The Hall–Kier alpha value is -3.23. The number of pyridine rings is 1. The van der Waals surface area contributed by atoms with Crippen molar-refractivity contribution in [2.45, 2.75) is 77.1 Å². The van der Waals surface area contributed by atoms with Gasteiger partial charge in [0.25, 0.3) is 9.04 Å². The first kappa shape index (κ1) is 28.9. The van der Waals surface area contributed by atoms with E-state index in [-0.39, 0.29) is 23.3 Å². The third-order valence-electron chi connectivity index (χ3n) is 8.63. The van der Waals surface area contributed by atoms with Gasteiger partial charge in [0.2, 0.25) is 0 Å². The molecule has 2 heterocycles. The third-order valence-corrected chi connectivity index (χ3v) is 10.9. The number of alkyl halides is 3. The average Bonchev–Trinajstić information content (AvgIpc) is 3.27. The lowest BCUT2D eigenvalue weighted by molar-refractivity contribution is -0.141. The quantitative estimate of drug-likeness (QED) is 0.215. The van der Waals surface area contributed by atoms with Gasteiger partial charge in [-0.3, -0.25) is 4.68 Å². The Balaban J connectivity index is 1.20. The fourth-order valence-corrected chi connectivity index (χ4v) is 8.53. The Morgan fingerprint density at radius 1 is 0.833 bits per heavy atom. The van der Waals surface area contributed by atoms with Crippen LogP contribution >= 0.6 is 0 Å². The van der Waals surface area contributed by atoms with Crippen LogP contribution in [0.5, 0.6) is 0 Å². The molecule has 4 nitrogen and oxygen atoms in total. The summed E-state index contributed by atoms with van der Waals surface area (Å²) in [5.74, 6) is 1.33. The average molecular weight is 589 g/mol. The number of hydrogen-bond acceptors (Lipinski definition) is 3. The van der Waals surface area contributed by atoms with Crippen molar-refractivity contribution in [2.75, 3.05) is 0 Å². The zero-order valence-corrected chi connectivity index (χ0v) is 25.7. The molecular formula is C34H37F3N3OSi. The molecule has 0 aliphatic heterocycles. The van der Waals surface area contributed by atoms with Crippen LogP contribution in [0.3, 0.4) is 0 Å². The number of rotatable bonds is 7. The van der Waals surface area contributed by atoms with Crippen molar-refractivity contribution in [3.8, 4) is 11.4 Å². The van der Waals surface area contributed by atoms with E-state index in [1.54, 1.807) is 6.07 Å². The van der Waals surface area contributed by atoms with Gasteiger partial charge in [0, 0.05) is 23.8 Å². The number of hydrogen-bond donors (Lipinski definition) is 0. The molecule has 2 aliphatic rings. The SMILES string of the molecule is CC(C)n1nc(-c2cccc(C(F)(F)F)n2)cc1C1C2CC(O[Si](c3ccccc3)c3ccc(C(C)(C)C)cc3)CC21. The van der Waals surface area contributed by atoms with Crippen molar-refractivity contribution in [1.82, 2.24) is 14.8 Å². The summed E-state index contributed by atoms with van der Waals surface area (Å²) in [6.07, 6.45) is -2.34. The summed E-state index contributed by atoms with van der Waals surface area (Å²) in [5.41, 5.74) is 2.36. The second kappa shape index (κ2) is 10.8. The number of benzene rings is 2. The van der Waals surface area contributed by atoms with Gasteiger partial charge in [0.1, 0.15) is 11.4 Å². The summed E-state index contributed by atoms with van der Waals surface area (Å²) in [5, 5.41) is 7.23. The highest BCUT2D eigenvalue weighted by atomic mass is 28.3. The molecule has 6 rings (SSSR count). The van der Waals surface area contributed by atoms with Crippen molar-refractivity contribution in [3.63, 3.8) is 0 Å². The largest absolute Gasteiger partial charge is 0.433 e. The predicted octanol–water partition coefficient (Wildman–Crippen LogP) is 7.16. The van der Waals surface area contributed by atoms with E-state index < -0.39 is 20.9 Å². The van der Waals surface area contributed by atoms with E-state index in [2.05, 4.69) is 88.1 Å². The van der Waals surface area contributed by atoms with Crippen molar-refractivity contribution in [2.24, 2.45) is 11.8 Å². The van der Waals surface area contributed by atoms with Gasteiger partial charge in [-0.05, 0) is 78.1 Å². The van der Waals surface area contributed by atoms with Gasteiger partial charge in [-0.2, -0.15) is 18.3 Å². The standard InChI is InChI=1S/C34H37F3N3OSi/c1-21(2)40-30(20-29(39-40)28-12-9-13-31(38-28)34(35,36)37)32-26-18-23(19-27(26)32)41-42(24-10-7-6-8-11-24)25-16-14-22(15-17-25)33(3,4)5/h6-17,20-21,23,26-27,32H,18-19H2,1-5H3. The van der Waals surface area contributed by atoms with Crippen LogP contribution in [0.4, 0.5) is 13.2 Å². The molecule has 42 heavy (non-hydrogen) atoms. The molecule has 2 unspecified atom stereocenters. The lowest BCUT2D eigenvalue weighted by atomic mass is 9.87. The molecule has 2 aromatic carbocycles. The van der Waals surface area contributed by atoms with Crippen LogP contribution in [0.2, 0.25) is 0 Å². The molecule has 0 bridgehead atoms. The maximum Gasteiger partial charge on any atom is 0.433 e. The molecule has 0 amide bonds. The minimum Gasteiger partial charge on any atom is -0.404 e. The van der Waals surface area contributed by atoms with Crippen LogP contribution in [-0.4, -0.2) is 29.9 Å². The van der Waals surface area contributed by atoms with Crippen LogP contribution in [0.15, 0.2) is 78.9 Å². The van der Waals surface area contributed by atoms with Gasteiger partial charge in [0.05, 0.1) is 5.69 Å². The molecule has 2 aliphatic carbocycles. The van der Waals surface area contributed by atoms with Crippen molar-refractivity contribution < 1.29 is 17.6 Å². The number of halogens is 3. The summed E-state index contributed by atoms with van der Waals surface area (Å²) < 4.78 is 48.8. The molecule has 1 radical (unpaired) electrons. The van der Waals surface area contributed by atoms with E-state index in [0.717, 1.165) is 24.6 Å². The maximum absolute atomic E-state index is 13.3. The fourth-order valence-electron chi connectivity index (χ4n) is 6.44. The molecule has 4 aromatic rings. The van der Waals surface area contributed by atoms with Gasteiger partial charge >= 0.3 is 6.18 Å². The maximum atomic E-state index is 13.3. The molecule has 8 heteroatoms. The molecule has 2 fully saturated rings. The smallest absolute Gasteiger partial charge is 0.404 e. The number of fused-ring (bicyclic) bond motifs is 1. The van der Waals surface area contributed by atoms with Crippen molar-refractivity contribution in [1.29, 1.82) is 0 Å². The highest BCUT2D eigenvalue weighted by Crippen LogP contribution is 2.64. The van der Waals surface area contributed by atoms with E-state index in [0.29, 0.717) is 23.4 Å². The Kier molecular flexibility index (Phi) is 7.42. The minimum atomic E-state index is -4.49. The molecule has 0 spiro atoms. The van der Waals surface area contributed by atoms with Crippen LogP contribution < -0.4 is 10.4 Å². The van der Waals surface area contributed by atoms with Crippen molar-refractivity contribution in [3.05, 3.63) is 95.8 Å². The van der Waals surface area contributed by atoms with Gasteiger partial charge < -0.3 is 4.43 Å². The van der Waals surface area contributed by atoms with E-state index in [1.165, 1.54) is 22.0 Å².